The molecule has 0 bridgehead atoms. The minimum atomic E-state index is -1.74. The SMILES string of the molecule is CC(OC(=O)c1ccc(C#N)cc1)C(=O)NCC(=O)Nc1ccc(F)c(F)c1F. The van der Waals surface area contributed by atoms with E-state index < -0.39 is 53.6 Å². The average Bonchev–Trinajstić information content (AvgIpc) is 2.72. The predicted octanol–water partition coefficient (Wildman–Crippen LogP) is 2.28. The third-order valence-electron chi connectivity index (χ3n) is 3.64. The van der Waals surface area contributed by atoms with Gasteiger partial charge in [-0.05, 0) is 43.3 Å². The Kier molecular flexibility index (Phi) is 6.92. The highest BCUT2D eigenvalue weighted by Gasteiger charge is 2.20. The van der Waals surface area contributed by atoms with E-state index in [1.807, 2.05) is 11.4 Å². The number of benzene rings is 2. The number of nitrogens with one attached hydrogen (secondary N) is 2. The van der Waals surface area contributed by atoms with Gasteiger partial charge in [0.05, 0.1) is 29.4 Å². The van der Waals surface area contributed by atoms with Crippen LogP contribution in [0.25, 0.3) is 0 Å². The van der Waals surface area contributed by atoms with Crippen molar-refractivity contribution in [3.05, 3.63) is 65.0 Å². The van der Waals surface area contributed by atoms with E-state index in [2.05, 4.69) is 5.32 Å². The van der Waals surface area contributed by atoms with E-state index in [4.69, 9.17) is 10.00 Å². The number of amides is 2. The lowest BCUT2D eigenvalue weighted by Gasteiger charge is -2.14. The highest BCUT2D eigenvalue weighted by atomic mass is 19.2. The molecule has 1 unspecified atom stereocenters. The summed E-state index contributed by atoms with van der Waals surface area (Å²) in [7, 11) is 0. The molecular formula is C19H14F3N3O4. The van der Waals surface area contributed by atoms with E-state index in [9.17, 15) is 27.6 Å². The van der Waals surface area contributed by atoms with Crippen LogP contribution < -0.4 is 10.6 Å². The van der Waals surface area contributed by atoms with Gasteiger partial charge >= 0.3 is 5.97 Å². The zero-order chi connectivity index (χ0) is 21.6. The maximum Gasteiger partial charge on any atom is 0.338 e. The molecule has 0 fully saturated rings. The van der Waals surface area contributed by atoms with Gasteiger partial charge in [-0.1, -0.05) is 0 Å². The Hall–Kier alpha value is -3.87. The van der Waals surface area contributed by atoms with E-state index in [0.29, 0.717) is 11.6 Å². The summed E-state index contributed by atoms with van der Waals surface area (Å²) in [5.74, 6) is -7.26. The standard InChI is InChI=1S/C19H14F3N3O4/c1-10(29-19(28)12-4-2-11(8-23)3-5-12)18(27)24-9-15(26)25-14-7-6-13(20)16(21)17(14)22/h2-7,10H,9H2,1H3,(H,24,27)(H,25,26). The second-order valence-corrected chi connectivity index (χ2v) is 5.73. The average molecular weight is 405 g/mol. The van der Waals surface area contributed by atoms with Crippen molar-refractivity contribution in [2.75, 3.05) is 11.9 Å². The molecular weight excluding hydrogens is 391 g/mol. The molecule has 10 heteroatoms. The van der Waals surface area contributed by atoms with E-state index >= 15 is 0 Å². The molecule has 2 aromatic rings. The van der Waals surface area contributed by atoms with Crippen LogP contribution in [0, 0.1) is 28.8 Å². The predicted molar refractivity (Wildman–Crippen MR) is 94.0 cm³/mol. The molecule has 0 saturated carbocycles. The van der Waals surface area contributed by atoms with Crippen LogP contribution >= 0.6 is 0 Å². The maximum atomic E-state index is 13.5. The summed E-state index contributed by atoms with van der Waals surface area (Å²) < 4.78 is 44.5. The molecule has 1 atom stereocenters. The Labute approximate surface area is 163 Å². The number of rotatable bonds is 6. The smallest absolute Gasteiger partial charge is 0.338 e. The molecule has 0 aliphatic rings. The first-order valence-corrected chi connectivity index (χ1v) is 8.15. The van der Waals surface area contributed by atoms with Gasteiger partial charge in [-0.15, -0.1) is 0 Å². The van der Waals surface area contributed by atoms with Crippen molar-refractivity contribution in [2.24, 2.45) is 0 Å². The molecule has 0 aliphatic heterocycles. The lowest BCUT2D eigenvalue weighted by Crippen LogP contribution is -2.40. The summed E-state index contributed by atoms with van der Waals surface area (Å²) in [4.78, 5) is 35.7. The highest BCUT2D eigenvalue weighted by molar-refractivity contribution is 5.96. The number of anilines is 1. The summed E-state index contributed by atoms with van der Waals surface area (Å²) in [6, 6.07) is 8.88. The molecule has 0 heterocycles. The van der Waals surface area contributed by atoms with Gasteiger partial charge in [-0.25, -0.2) is 18.0 Å². The molecule has 0 saturated heterocycles. The molecule has 2 N–H and O–H groups in total. The number of hydrogen-bond donors (Lipinski definition) is 2. The third-order valence-corrected chi connectivity index (χ3v) is 3.64. The number of esters is 1. The van der Waals surface area contributed by atoms with Crippen molar-refractivity contribution in [3.8, 4) is 6.07 Å². The first kappa shape index (κ1) is 21.4. The molecule has 0 aromatic heterocycles. The molecule has 29 heavy (non-hydrogen) atoms. The number of hydrogen-bond acceptors (Lipinski definition) is 5. The molecule has 0 aliphatic carbocycles. The van der Waals surface area contributed by atoms with Crippen LogP contribution in [0.1, 0.15) is 22.8 Å². The summed E-state index contributed by atoms with van der Waals surface area (Å²) >= 11 is 0. The van der Waals surface area contributed by atoms with Crippen molar-refractivity contribution in [3.63, 3.8) is 0 Å². The lowest BCUT2D eigenvalue weighted by atomic mass is 10.1. The topological polar surface area (TPSA) is 108 Å². The molecule has 0 radical (unpaired) electrons. The number of nitrogens with zero attached hydrogens (tertiary/aromatic N) is 1. The molecule has 2 rings (SSSR count). The lowest BCUT2D eigenvalue weighted by molar-refractivity contribution is -0.130. The van der Waals surface area contributed by atoms with Gasteiger partial charge in [0, 0.05) is 0 Å². The summed E-state index contributed by atoms with van der Waals surface area (Å²) in [6.07, 6.45) is -1.26. The molecule has 0 spiro atoms. The number of carbonyl (C=O) groups excluding carboxylic acids is 3. The van der Waals surface area contributed by atoms with Crippen LogP contribution in [0.3, 0.4) is 0 Å². The van der Waals surface area contributed by atoms with Crippen molar-refractivity contribution < 1.29 is 32.3 Å². The minimum Gasteiger partial charge on any atom is -0.449 e. The van der Waals surface area contributed by atoms with Crippen LogP contribution in [0.5, 0.6) is 0 Å². The van der Waals surface area contributed by atoms with Crippen LogP contribution in [0.2, 0.25) is 0 Å². The Morgan fingerprint density at radius 1 is 1.07 bits per heavy atom. The van der Waals surface area contributed by atoms with Crippen LogP contribution in [0.15, 0.2) is 36.4 Å². The minimum absolute atomic E-state index is 0.121. The first-order valence-electron chi connectivity index (χ1n) is 8.15. The molecule has 150 valence electrons. The van der Waals surface area contributed by atoms with E-state index in [-0.39, 0.29) is 5.56 Å². The monoisotopic (exact) mass is 405 g/mol. The van der Waals surface area contributed by atoms with E-state index in [1.165, 1.54) is 31.2 Å². The van der Waals surface area contributed by atoms with Gasteiger partial charge < -0.3 is 15.4 Å². The fraction of sp³-hybridized carbons (Fsp3) is 0.158. The van der Waals surface area contributed by atoms with Crippen molar-refractivity contribution >= 4 is 23.5 Å². The quantitative estimate of drug-likeness (QED) is 0.566. The number of carbonyl (C=O) groups is 3. The van der Waals surface area contributed by atoms with Crippen LogP contribution in [-0.4, -0.2) is 30.4 Å². The maximum absolute atomic E-state index is 13.5. The van der Waals surface area contributed by atoms with Gasteiger partial charge in [0.1, 0.15) is 0 Å². The Morgan fingerprint density at radius 2 is 1.72 bits per heavy atom. The van der Waals surface area contributed by atoms with Gasteiger partial charge in [-0.3, -0.25) is 9.59 Å². The van der Waals surface area contributed by atoms with Gasteiger partial charge in [-0.2, -0.15) is 5.26 Å². The fourth-order valence-electron chi connectivity index (χ4n) is 2.09. The zero-order valence-electron chi connectivity index (χ0n) is 15.0. The van der Waals surface area contributed by atoms with Gasteiger partial charge in [0.25, 0.3) is 5.91 Å². The third kappa shape index (κ3) is 5.55. The van der Waals surface area contributed by atoms with Crippen LogP contribution in [0.4, 0.5) is 18.9 Å². The molecule has 2 amide bonds. The number of ether oxygens (including phenoxy) is 1. The second-order valence-electron chi connectivity index (χ2n) is 5.73. The van der Waals surface area contributed by atoms with E-state index in [1.54, 1.807) is 0 Å². The van der Waals surface area contributed by atoms with Gasteiger partial charge in [0.2, 0.25) is 5.91 Å². The Morgan fingerprint density at radius 3 is 2.34 bits per heavy atom. The second kappa shape index (κ2) is 9.36. The fourth-order valence-corrected chi connectivity index (χ4v) is 2.09. The Balaban J connectivity index is 1.86. The normalized spacial score (nSPS) is 11.1. The highest BCUT2D eigenvalue weighted by Crippen LogP contribution is 2.19. The summed E-state index contributed by atoms with van der Waals surface area (Å²) in [6.45, 7) is 0.639. The number of halogens is 3. The number of nitriles is 1. The zero-order valence-corrected chi connectivity index (χ0v) is 15.0. The van der Waals surface area contributed by atoms with Crippen molar-refractivity contribution in [1.29, 1.82) is 5.26 Å². The van der Waals surface area contributed by atoms with Gasteiger partial charge in [0.15, 0.2) is 23.6 Å². The van der Waals surface area contributed by atoms with E-state index in [0.717, 1.165) is 6.07 Å². The van der Waals surface area contributed by atoms with Crippen molar-refractivity contribution in [1.82, 2.24) is 5.32 Å². The molecule has 2 aromatic carbocycles. The molecule has 7 nitrogen and oxygen atoms in total. The summed E-state index contributed by atoms with van der Waals surface area (Å²) in [5.41, 5.74) is -0.130. The first-order chi connectivity index (χ1) is 13.7. The summed E-state index contributed by atoms with van der Waals surface area (Å²) in [5, 5.41) is 12.9. The van der Waals surface area contributed by atoms with Crippen LogP contribution in [-0.2, 0) is 14.3 Å². The Bertz CT molecular complexity index is 987. The van der Waals surface area contributed by atoms with Crippen molar-refractivity contribution in [2.45, 2.75) is 13.0 Å². The largest absolute Gasteiger partial charge is 0.449 e.